The molecule has 1 fully saturated rings. The van der Waals surface area contributed by atoms with Crippen LogP contribution in [-0.2, 0) is 4.79 Å². The van der Waals surface area contributed by atoms with Crippen molar-refractivity contribution in [1.82, 2.24) is 5.32 Å². The van der Waals surface area contributed by atoms with E-state index in [1.807, 2.05) is 19.9 Å². The lowest BCUT2D eigenvalue weighted by Crippen LogP contribution is -2.39. The molecule has 0 aliphatic carbocycles. The third-order valence-corrected chi connectivity index (χ3v) is 3.74. The minimum absolute atomic E-state index is 0.0772. The number of hydrogen-bond donors (Lipinski definition) is 2. The van der Waals surface area contributed by atoms with Gasteiger partial charge in [0.15, 0.2) is 0 Å². The van der Waals surface area contributed by atoms with Crippen molar-refractivity contribution in [1.29, 1.82) is 0 Å². The molecule has 1 atom stereocenters. The van der Waals surface area contributed by atoms with Crippen molar-refractivity contribution in [3.63, 3.8) is 0 Å². The molecule has 1 saturated heterocycles. The van der Waals surface area contributed by atoms with Crippen LogP contribution in [0.5, 0.6) is 0 Å². The van der Waals surface area contributed by atoms with Gasteiger partial charge in [0.25, 0.3) is 0 Å². The van der Waals surface area contributed by atoms with Crippen LogP contribution in [0.15, 0.2) is 23.5 Å². The molecular formula is C12H19NO2S. The molecule has 0 spiro atoms. The van der Waals surface area contributed by atoms with Crippen LogP contribution in [0.25, 0.3) is 0 Å². The summed E-state index contributed by atoms with van der Waals surface area (Å²) in [6.45, 7) is 4.70. The van der Waals surface area contributed by atoms with Crippen LogP contribution < -0.4 is 5.32 Å². The third-order valence-electron chi connectivity index (χ3n) is 2.38. The van der Waals surface area contributed by atoms with Gasteiger partial charge < -0.3 is 10.4 Å². The van der Waals surface area contributed by atoms with Gasteiger partial charge in [0.1, 0.15) is 5.25 Å². The van der Waals surface area contributed by atoms with Crippen molar-refractivity contribution in [2.75, 3.05) is 12.3 Å². The van der Waals surface area contributed by atoms with E-state index in [4.69, 9.17) is 0 Å². The lowest BCUT2D eigenvalue weighted by molar-refractivity contribution is -0.120. The van der Waals surface area contributed by atoms with E-state index in [-0.39, 0.29) is 11.2 Å². The third kappa shape index (κ3) is 3.93. The zero-order valence-electron chi connectivity index (χ0n) is 9.82. The molecule has 1 aliphatic rings. The monoisotopic (exact) mass is 241 g/mol. The largest absolute Gasteiger partial charge is 0.512 e. The molecule has 4 heteroatoms. The molecule has 1 amide bonds. The molecule has 1 aliphatic heterocycles. The smallest absolute Gasteiger partial charge is 0.237 e. The first-order chi connectivity index (χ1) is 7.65. The Morgan fingerprint density at radius 1 is 1.62 bits per heavy atom. The van der Waals surface area contributed by atoms with Crippen molar-refractivity contribution in [3.8, 4) is 0 Å². The second kappa shape index (κ2) is 6.63. The molecule has 0 radical (unpaired) electrons. The van der Waals surface area contributed by atoms with Crippen LogP contribution in [0.3, 0.4) is 0 Å². The molecule has 2 N–H and O–H groups in total. The lowest BCUT2D eigenvalue weighted by atomic mass is 10.1. The summed E-state index contributed by atoms with van der Waals surface area (Å²) in [4.78, 5) is 11.6. The van der Waals surface area contributed by atoms with Crippen LogP contribution in [0, 0.1) is 0 Å². The molecule has 0 bridgehead atoms. The quantitative estimate of drug-likeness (QED) is 0.587. The van der Waals surface area contributed by atoms with E-state index in [0.717, 1.165) is 24.3 Å². The summed E-state index contributed by atoms with van der Waals surface area (Å²) >= 11 is 1.65. The number of nitrogens with one attached hydrogen (secondary N) is 1. The first kappa shape index (κ1) is 13.2. The van der Waals surface area contributed by atoms with Gasteiger partial charge in [0, 0.05) is 18.7 Å². The average molecular weight is 241 g/mol. The van der Waals surface area contributed by atoms with Crippen molar-refractivity contribution >= 4 is 17.7 Å². The first-order valence-electron chi connectivity index (χ1n) is 5.60. The van der Waals surface area contributed by atoms with Gasteiger partial charge in [0.05, 0.1) is 5.76 Å². The van der Waals surface area contributed by atoms with E-state index < -0.39 is 0 Å². The molecule has 16 heavy (non-hydrogen) atoms. The number of carbonyl (C=O) groups excluding carboxylic acids is 1. The topological polar surface area (TPSA) is 49.3 Å². The van der Waals surface area contributed by atoms with Gasteiger partial charge >= 0.3 is 0 Å². The molecule has 0 aromatic heterocycles. The van der Waals surface area contributed by atoms with Crippen molar-refractivity contribution < 1.29 is 9.90 Å². The molecule has 3 nitrogen and oxygen atoms in total. The maximum atomic E-state index is 11.6. The molecular weight excluding hydrogens is 222 g/mol. The zero-order chi connectivity index (χ0) is 12.0. The lowest BCUT2D eigenvalue weighted by Gasteiger charge is -2.21. The van der Waals surface area contributed by atoms with Gasteiger partial charge in [-0.15, -0.1) is 11.8 Å². The summed E-state index contributed by atoms with van der Waals surface area (Å²) in [5.74, 6) is 1.41. The van der Waals surface area contributed by atoms with Gasteiger partial charge in [-0.05, 0) is 19.4 Å². The predicted octanol–water partition coefficient (Wildman–Crippen LogP) is 2.41. The van der Waals surface area contributed by atoms with Crippen LogP contribution in [0.1, 0.15) is 26.7 Å². The Morgan fingerprint density at radius 2 is 2.38 bits per heavy atom. The molecule has 0 aromatic rings. The molecule has 0 aromatic carbocycles. The molecule has 1 unspecified atom stereocenters. The summed E-state index contributed by atoms with van der Waals surface area (Å²) in [5.41, 5.74) is 0.991. The first-order valence-corrected chi connectivity index (χ1v) is 6.65. The fourth-order valence-corrected chi connectivity index (χ4v) is 2.54. The Labute approximate surface area is 101 Å². The van der Waals surface area contributed by atoms with Crippen molar-refractivity contribution in [2.45, 2.75) is 31.9 Å². The summed E-state index contributed by atoms with van der Waals surface area (Å²) < 4.78 is 0. The van der Waals surface area contributed by atoms with E-state index >= 15 is 0 Å². The van der Waals surface area contributed by atoms with Crippen molar-refractivity contribution in [3.05, 3.63) is 23.5 Å². The fraction of sp³-hybridized carbons (Fsp3) is 0.583. The Morgan fingerprint density at radius 3 is 3.00 bits per heavy atom. The standard InChI is InChI=1S/C12H19NO2S/c1-3-4-10(14)6-5-9(2)11-12(15)13-7-8-16-11/h5-6,11,14H,3-4,7-8H2,1-2H3,(H,13,15)/b9-5+,10-6+. The Hall–Kier alpha value is -0.900. The van der Waals surface area contributed by atoms with Crippen LogP contribution >= 0.6 is 11.8 Å². The number of aliphatic hydroxyl groups is 1. The Balaban J connectivity index is 2.61. The maximum Gasteiger partial charge on any atom is 0.237 e. The molecule has 1 heterocycles. The summed E-state index contributed by atoms with van der Waals surface area (Å²) in [7, 11) is 0. The van der Waals surface area contributed by atoms with Crippen LogP contribution in [0.4, 0.5) is 0 Å². The van der Waals surface area contributed by atoms with Gasteiger partial charge in [0.2, 0.25) is 5.91 Å². The van der Waals surface area contributed by atoms with Crippen LogP contribution in [0.2, 0.25) is 0 Å². The van der Waals surface area contributed by atoms with E-state index in [1.165, 1.54) is 0 Å². The highest BCUT2D eigenvalue weighted by molar-refractivity contribution is 8.00. The number of rotatable bonds is 4. The number of thioether (sulfide) groups is 1. The highest BCUT2D eigenvalue weighted by atomic mass is 32.2. The second-order valence-electron chi connectivity index (χ2n) is 3.86. The van der Waals surface area contributed by atoms with Gasteiger partial charge in [-0.3, -0.25) is 4.79 Å². The zero-order valence-corrected chi connectivity index (χ0v) is 10.6. The van der Waals surface area contributed by atoms with E-state index in [1.54, 1.807) is 17.8 Å². The average Bonchev–Trinajstić information content (AvgIpc) is 2.27. The fourth-order valence-electron chi connectivity index (χ4n) is 1.51. The van der Waals surface area contributed by atoms with Crippen molar-refractivity contribution in [2.24, 2.45) is 0 Å². The highest BCUT2D eigenvalue weighted by Gasteiger charge is 2.23. The number of amides is 1. The minimum atomic E-state index is -0.0978. The van der Waals surface area contributed by atoms with Gasteiger partial charge in [-0.2, -0.15) is 0 Å². The molecule has 90 valence electrons. The predicted molar refractivity (Wildman–Crippen MR) is 68.6 cm³/mol. The number of allylic oxidation sites excluding steroid dienone is 3. The van der Waals surface area contributed by atoms with Gasteiger partial charge in [-0.25, -0.2) is 0 Å². The van der Waals surface area contributed by atoms with E-state index in [2.05, 4.69) is 5.32 Å². The summed E-state index contributed by atoms with van der Waals surface area (Å²) in [5, 5.41) is 12.2. The number of hydrogen-bond acceptors (Lipinski definition) is 3. The van der Waals surface area contributed by atoms with E-state index in [0.29, 0.717) is 12.2 Å². The Kier molecular flexibility index (Phi) is 5.46. The SMILES string of the molecule is CCC/C(O)=C\C=C(/C)C1SCCNC1=O. The number of aliphatic hydroxyl groups excluding tert-OH is 1. The van der Waals surface area contributed by atoms with Crippen LogP contribution in [-0.4, -0.2) is 28.6 Å². The summed E-state index contributed by atoms with van der Waals surface area (Å²) in [6.07, 6.45) is 5.15. The highest BCUT2D eigenvalue weighted by Crippen LogP contribution is 2.22. The number of carbonyl (C=O) groups is 1. The molecule has 1 rings (SSSR count). The Bertz CT molecular complexity index is 310. The maximum absolute atomic E-state index is 11.6. The van der Waals surface area contributed by atoms with Gasteiger partial charge in [-0.1, -0.05) is 18.6 Å². The normalized spacial score (nSPS) is 23.1. The second-order valence-corrected chi connectivity index (χ2v) is 5.07. The minimum Gasteiger partial charge on any atom is -0.512 e. The molecule has 0 saturated carbocycles. The summed E-state index contributed by atoms with van der Waals surface area (Å²) in [6, 6.07) is 0. The van der Waals surface area contributed by atoms with E-state index in [9.17, 15) is 9.90 Å².